The van der Waals surface area contributed by atoms with E-state index in [2.05, 4.69) is 4.90 Å². The van der Waals surface area contributed by atoms with Gasteiger partial charge < -0.3 is 4.90 Å². The molecular formula is C18H22F2N2O. The highest BCUT2D eigenvalue weighted by atomic mass is 19.2. The van der Waals surface area contributed by atoms with Crippen molar-refractivity contribution in [3.8, 4) is 0 Å². The van der Waals surface area contributed by atoms with Crippen molar-refractivity contribution < 1.29 is 13.6 Å². The number of benzene rings is 1. The van der Waals surface area contributed by atoms with Crippen LogP contribution in [0.5, 0.6) is 0 Å². The summed E-state index contributed by atoms with van der Waals surface area (Å²) in [5, 5.41) is 0. The molecule has 0 N–H and O–H groups in total. The molecule has 0 bridgehead atoms. The molecule has 0 spiro atoms. The van der Waals surface area contributed by atoms with E-state index in [9.17, 15) is 13.6 Å². The fourth-order valence-electron chi connectivity index (χ4n) is 4.19. The first kappa shape index (κ1) is 15.1. The molecule has 1 aliphatic carbocycles. The second-order valence-electron chi connectivity index (χ2n) is 7.13. The minimum absolute atomic E-state index is 0.0462. The molecule has 124 valence electrons. The lowest BCUT2D eigenvalue weighted by Gasteiger charge is -2.25. The zero-order valence-corrected chi connectivity index (χ0v) is 13.2. The molecule has 2 atom stereocenters. The minimum Gasteiger partial charge on any atom is -0.338 e. The van der Waals surface area contributed by atoms with Crippen LogP contribution in [0.2, 0.25) is 0 Å². The van der Waals surface area contributed by atoms with Crippen LogP contribution in [0.15, 0.2) is 18.2 Å². The Kier molecular flexibility index (Phi) is 3.84. The summed E-state index contributed by atoms with van der Waals surface area (Å²) in [6, 6.07) is 4.77. The molecule has 2 saturated heterocycles. The zero-order valence-electron chi connectivity index (χ0n) is 13.2. The molecule has 1 aromatic rings. The number of rotatable bonds is 4. The summed E-state index contributed by atoms with van der Waals surface area (Å²) in [4.78, 5) is 17.0. The van der Waals surface area contributed by atoms with Crippen molar-refractivity contribution in [1.82, 2.24) is 9.80 Å². The Hall–Kier alpha value is -1.49. The molecule has 0 radical (unpaired) electrons. The Morgan fingerprint density at radius 3 is 2.65 bits per heavy atom. The Balaban J connectivity index is 1.42. The molecule has 3 fully saturated rings. The van der Waals surface area contributed by atoms with Crippen molar-refractivity contribution in [2.75, 3.05) is 19.6 Å². The molecule has 4 rings (SSSR count). The van der Waals surface area contributed by atoms with Gasteiger partial charge in [-0.3, -0.25) is 9.69 Å². The molecule has 2 heterocycles. The summed E-state index contributed by atoms with van der Waals surface area (Å²) in [5.74, 6) is -0.986. The molecule has 1 amide bonds. The van der Waals surface area contributed by atoms with E-state index in [1.54, 1.807) is 0 Å². The number of amides is 1. The maximum absolute atomic E-state index is 13.8. The largest absolute Gasteiger partial charge is 0.338 e. The van der Waals surface area contributed by atoms with Gasteiger partial charge in [0.25, 0.3) is 0 Å². The van der Waals surface area contributed by atoms with Gasteiger partial charge in [0.2, 0.25) is 5.91 Å². The summed E-state index contributed by atoms with van der Waals surface area (Å²) < 4.78 is 27.1. The second-order valence-corrected chi connectivity index (χ2v) is 7.13. The van der Waals surface area contributed by atoms with E-state index in [0.29, 0.717) is 6.04 Å². The SMILES string of the molecule is O=C(Cc1cccc(F)c1F)N1CC[C@H]2[C@H]1CCN2CC1CC1. The number of carbonyl (C=O) groups excluding carboxylic acids is 1. The Morgan fingerprint density at radius 2 is 1.87 bits per heavy atom. The number of fused-ring (bicyclic) bond motifs is 1. The van der Waals surface area contributed by atoms with E-state index in [1.807, 2.05) is 4.90 Å². The van der Waals surface area contributed by atoms with Crippen LogP contribution in [-0.2, 0) is 11.2 Å². The van der Waals surface area contributed by atoms with Crippen LogP contribution >= 0.6 is 0 Å². The fraction of sp³-hybridized carbons (Fsp3) is 0.611. The van der Waals surface area contributed by atoms with E-state index in [0.717, 1.165) is 37.9 Å². The van der Waals surface area contributed by atoms with E-state index >= 15 is 0 Å². The summed E-state index contributed by atoms with van der Waals surface area (Å²) in [6.07, 6.45) is 4.66. The number of hydrogen-bond acceptors (Lipinski definition) is 2. The highest BCUT2D eigenvalue weighted by Crippen LogP contribution is 2.37. The van der Waals surface area contributed by atoms with Crippen molar-refractivity contribution in [3.05, 3.63) is 35.4 Å². The molecule has 1 aromatic carbocycles. The first-order valence-corrected chi connectivity index (χ1v) is 8.60. The molecule has 23 heavy (non-hydrogen) atoms. The molecule has 3 nitrogen and oxygen atoms in total. The third-order valence-electron chi connectivity index (χ3n) is 5.57. The average Bonchev–Trinajstić information content (AvgIpc) is 3.10. The van der Waals surface area contributed by atoms with E-state index < -0.39 is 11.6 Å². The summed E-state index contributed by atoms with van der Waals surface area (Å²) in [7, 11) is 0. The fourth-order valence-corrected chi connectivity index (χ4v) is 4.19. The van der Waals surface area contributed by atoms with Gasteiger partial charge in [0.15, 0.2) is 11.6 Å². The number of halogens is 2. The van der Waals surface area contributed by atoms with Gasteiger partial charge in [0.1, 0.15) is 0 Å². The van der Waals surface area contributed by atoms with Crippen LogP contribution < -0.4 is 0 Å². The van der Waals surface area contributed by atoms with E-state index in [1.165, 1.54) is 31.5 Å². The molecule has 1 saturated carbocycles. The lowest BCUT2D eigenvalue weighted by atomic mass is 10.1. The molecule has 2 aliphatic heterocycles. The van der Waals surface area contributed by atoms with Crippen LogP contribution in [0, 0.1) is 17.6 Å². The quantitative estimate of drug-likeness (QED) is 0.851. The van der Waals surface area contributed by atoms with Crippen molar-refractivity contribution in [2.24, 2.45) is 5.92 Å². The van der Waals surface area contributed by atoms with Gasteiger partial charge in [-0.25, -0.2) is 8.78 Å². The van der Waals surface area contributed by atoms with Crippen LogP contribution in [0.3, 0.4) is 0 Å². The first-order chi connectivity index (χ1) is 11.1. The zero-order chi connectivity index (χ0) is 16.0. The van der Waals surface area contributed by atoms with Crippen molar-refractivity contribution in [2.45, 2.75) is 44.2 Å². The lowest BCUT2D eigenvalue weighted by Crippen LogP contribution is -2.40. The summed E-state index contributed by atoms with van der Waals surface area (Å²) in [6.45, 7) is 2.97. The van der Waals surface area contributed by atoms with Crippen LogP contribution in [0.25, 0.3) is 0 Å². The molecule has 3 aliphatic rings. The summed E-state index contributed by atoms with van der Waals surface area (Å²) >= 11 is 0. The van der Waals surface area contributed by atoms with Gasteiger partial charge >= 0.3 is 0 Å². The van der Waals surface area contributed by atoms with Crippen LogP contribution in [0.4, 0.5) is 8.78 Å². The number of carbonyl (C=O) groups is 1. The predicted molar refractivity (Wildman–Crippen MR) is 82.9 cm³/mol. The Labute approximate surface area is 135 Å². The average molecular weight is 320 g/mol. The predicted octanol–water partition coefficient (Wildman–Crippen LogP) is 2.59. The van der Waals surface area contributed by atoms with Crippen molar-refractivity contribution in [3.63, 3.8) is 0 Å². The highest BCUT2D eigenvalue weighted by molar-refractivity contribution is 5.79. The molecule has 0 unspecified atom stereocenters. The minimum atomic E-state index is -0.890. The van der Waals surface area contributed by atoms with Gasteiger partial charge in [-0.05, 0) is 37.7 Å². The van der Waals surface area contributed by atoms with Gasteiger partial charge in [-0.2, -0.15) is 0 Å². The normalized spacial score (nSPS) is 27.5. The highest BCUT2D eigenvalue weighted by Gasteiger charge is 2.45. The van der Waals surface area contributed by atoms with Gasteiger partial charge in [-0.15, -0.1) is 0 Å². The third-order valence-corrected chi connectivity index (χ3v) is 5.57. The van der Waals surface area contributed by atoms with E-state index in [-0.39, 0.29) is 23.9 Å². The number of likely N-dealkylation sites (tertiary alicyclic amines) is 2. The maximum Gasteiger partial charge on any atom is 0.227 e. The van der Waals surface area contributed by atoms with Crippen LogP contribution in [0.1, 0.15) is 31.2 Å². The Morgan fingerprint density at radius 1 is 1.09 bits per heavy atom. The van der Waals surface area contributed by atoms with Gasteiger partial charge in [-0.1, -0.05) is 12.1 Å². The Bertz CT molecular complexity index is 617. The topological polar surface area (TPSA) is 23.6 Å². The first-order valence-electron chi connectivity index (χ1n) is 8.60. The lowest BCUT2D eigenvalue weighted by molar-refractivity contribution is -0.131. The smallest absolute Gasteiger partial charge is 0.227 e. The molecular weight excluding hydrogens is 298 g/mol. The van der Waals surface area contributed by atoms with Crippen molar-refractivity contribution >= 4 is 5.91 Å². The van der Waals surface area contributed by atoms with Gasteiger partial charge in [0, 0.05) is 37.3 Å². The third kappa shape index (κ3) is 2.87. The standard InChI is InChI=1S/C18H22F2N2O/c19-14-3-1-2-13(18(14)20)10-17(23)22-9-7-15-16(22)6-8-21(15)11-12-4-5-12/h1-3,12,15-16H,4-11H2/t15-,16+/m0/s1. The number of nitrogens with zero attached hydrogens (tertiary/aromatic N) is 2. The van der Waals surface area contributed by atoms with Crippen LogP contribution in [-0.4, -0.2) is 47.4 Å². The monoisotopic (exact) mass is 320 g/mol. The molecule has 5 heteroatoms. The van der Waals surface area contributed by atoms with Crippen molar-refractivity contribution in [1.29, 1.82) is 0 Å². The summed E-state index contributed by atoms with van der Waals surface area (Å²) in [5.41, 5.74) is 0.159. The molecule has 0 aromatic heterocycles. The van der Waals surface area contributed by atoms with Gasteiger partial charge in [0.05, 0.1) is 6.42 Å². The second kappa shape index (κ2) is 5.86. The van der Waals surface area contributed by atoms with E-state index in [4.69, 9.17) is 0 Å². The number of hydrogen-bond donors (Lipinski definition) is 0. The maximum atomic E-state index is 13.8.